The number of hydrogen-bond donors (Lipinski definition) is 1. The molecule has 0 aliphatic heterocycles. The van der Waals surface area contributed by atoms with Crippen LogP contribution in [0.4, 0.5) is 5.69 Å². The molecule has 1 aliphatic carbocycles. The van der Waals surface area contributed by atoms with Crippen LogP contribution in [0, 0.1) is 11.3 Å². The lowest BCUT2D eigenvalue weighted by Gasteiger charge is -2.10. The first-order valence-electron chi connectivity index (χ1n) is 8.80. The summed E-state index contributed by atoms with van der Waals surface area (Å²) in [6.45, 7) is -0.332. The Morgan fingerprint density at radius 1 is 1.15 bits per heavy atom. The summed E-state index contributed by atoms with van der Waals surface area (Å²) < 4.78 is 5.11. The van der Waals surface area contributed by atoms with Crippen molar-refractivity contribution in [2.24, 2.45) is 0 Å². The smallest absolute Gasteiger partial charge is 0.310 e. The van der Waals surface area contributed by atoms with Crippen molar-refractivity contribution in [2.45, 2.75) is 30.6 Å². The molecular weight excluding hydrogens is 360 g/mol. The van der Waals surface area contributed by atoms with E-state index in [0.717, 1.165) is 29.7 Å². The van der Waals surface area contributed by atoms with Crippen molar-refractivity contribution in [1.82, 2.24) is 0 Å². The largest absolute Gasteiger partial charge is 0.455 e. The Morgan fingerprint density at radius 2 is 1.96 bits per heavy atom. The van der Waals surface area contributed by atoms with Gasteiger partial charge in [-0.15, -0.1) is 11.8 Å². The van der Waals surface area contributed by atoms with Gasteiger partial charge in [-0.1, -0.05) is 30.3 Å². The molecule has 0 radical (unpaired) electrons. The third-order valence-electron chi connectivity index (χ3n) is 4.33. The molecule has 2 aromatic carbocycles. The van der Waals surface area contributed by atoms with Crippen molar-refractivity contribution in [3.8, 4) is 6.07 Å². The number of nitriles is 1. The molecule has 0 bridgehead atoms. The van der Waals surface area contributed by atoms with Gasteiger partial charge in [-0.3, -0.25) is 9.59 Å². The third-order valence-corrected chi connectivity index (χ3v) is 5.27. The normalized spacial score (nSPS) is 12.1. The topological polar surface area (TPSA) is 79.2 Å². The van der Waals surface area contributed by atoms with Gasteiger partial charge in [0, 0.05) is 4.90 Å². The van der Waals surface area contributed by atoms with Crippen molar-refractivity contribution in [1.29, 1.82) is 5.26 Å². The number of benzene rings is 2. The van der Waals surface area contributed by atoms with Gasteiger partial charge in [0.15, 0.2) is 6.61 Å². The lowest BCUT2D eigenvalue weighted by molar-refractivity contribution is -0.146. The fourth-order valence-electron chi connectivity index (χ4n) is 3.09. The van der Waals surface area contributed by atoms with Crippen molar-refractivity contribution in [3.05, 3.63) is 59.2 Å². The lowest BCUT2D eigenvalue weighted by atomic mass is 10.0. The van der Waals surface area contributed by atoms with E-state index in [4.69, 9.17) is 10.00 Å². The van der Waals surface area contributed by atoms with Crippen LogP contribution in [0.15, 0.2) is 47.4 Å². The average Bonchev–Trinajstić information content (AvgIpc) is 3.13. The predicted octanol–water partition coefficient (Wildman–Crippen LogP) is 3.52. The predicted molar refractivity (Wildman–Crippen MR) is 105 cm³/mol. The first-order valence-corrected chi connectivity index (χ1v) is 9.79. The van der Waals surface area contributed by atoms with Crippen LogP contribution in [0.5, 0.6) is 0 Å². The quantitative estimate of drug-likeness (QED) is 0.587. The van der Waals surface area contributed by atoms with Crippen LogP contribution in [0.3, 0.4) is 0 Å². The number of carbonyl (C=O) groups is 2. The summed E-state index contributed by atoms with van der Waals surface area (Å²) in [5, 5.41) is 11.4. The minimum Gasteiger partial charge on any atom is -0.455 e. The van der Waals surface area contributed by atoms with Gasteiger partial charge >= 0.3 is 5.97 Å². The second-order valence-electron chi connectivity index (χ2n) is 6.29. The van der Waals surface area contributed by atoms with Crippen LogP contribution in [0.1, 0.15) is 23.1 Å². The van der Waals surface area contributed by atoms with Crippen LogP contribution in [-0.4, -0.2) is 24.2 Å². The summed E-state index contributed by atoms with van der Waals surface area (Å²) in [4.78, 5) is 24.9. The maximum absolute atomic E-state index is 12.1. The van der Waals surface area contributed by atoms with Crippen LogP contribution in [0.25, 0.3) is 0 Å². The van der Waals surface area contributed by atoms with E-state index in [1.165, 1.54) is 22.9 Å². The number of fused-ring (bicyclic) bond motifs is 1. The Morgan fingerprint density at radius 3 is 2.81 bits per heavy atom. The van der Waals surface area contributed by atoms with E-state index in [1.807, 2.05) is 18.2 Å². The zero-order valence-electron chi connectivity index (χ0n) is 14.9. The van der Waals surface area contributed by atoms with E-state index >= 15 is 0 Å². The highest BCUT2D eigenvalue weighted by Gasteiger charge is 2.14. The highest BCUT2D eigenvalue weighted by Crippen LogP contribution is 2.26. The summed E-state index contributed by atoms with van der Waals surface area (Å²) in [6, 6.07) is 15.4. The highest BCUT2D eigenvalue weighted by molar-refractivity contribution is 7.99. The number of para-hydroxylation sites is 1. The molecule has 6 heteroatoms. The molecule has 0 spiro atoms. The van der Waals surface area contributed by atoms with Gasteiger partial charge in [-0.05, 0) is 48.1 Å². The zero-order chi connectivity index (χ0) is 19.1. The van der Waals surface area contributed by atoms with Crippen LogP contribution >= 0.6 is 11.8 Å². The van der Waals surface area contributed by atoms with Crippen LogP contribution in [0.2, 0.25) is 0 Å². The number of aryl methyl sites for hydroxylation is 2. The molecule has 0 saturated carbocycles. The Balaban J connectivity index is 1.49. The molecule has 0 unspecified atom stereocenters. The summed E-state index contributed by atoms with van der Waals surface area (Å²) in [5.41, 5.74) is 4.20. The van der Waals surface area contributed by atoms with E-state index in [9.17, 15) is 9.59 Å². The first kappa shape index (κ1) is 19.0. The van der Waals surface area contributed by atoms with Gasteiger partial charge in [0.1, 0.15) is 0 Å². The SMILES string of the molecule is N#CCSc1ccccc1NC(=O)COC(=O)Cc1ccc2c(c1)CCC2. The van der Waals surface area contributed by atoms with Crippen molar-refractivity contribution in [2.75, 3.05) is 17.7 Å². The molecule has 1 amide bonds. The molecule has 27 heavy (non-hydrogen) atoms. The Kier molecular flexibility index (Phi) is 6.50. The summed E-state index contributed by atoms with van der Waals surface area (Å²) in [7, 11) is 0. The number of nitrogens with zero attached hydrogens (tertiary/aromatic N) is 1. The number of hydrogen-bond acceptors (Lipinski definition) is 5. The molecule has 0 fully saturated rings. The van der Waals surface area contributed by atoms with Gasteiger partial charge in [-0.2, -0.15) is 5.26 Å². The molecule has 5 nitrogen and oxygen atoms in total. The minimum atomic E-state index is -0.421. The fraction of sp³-hybridized carbons (Fsp3) is 0.286. The van der Waals surface area contributed by atoms with E-state index in [-0.39, 0.29) is 13.0 Å². The highest BCUT2D eigenvalue weighted by atomic mass is 32.2. The standard InChI is InChI=1S/C21H20N2O3S/c22-10-11-27-19-7-2-1-6-18(19)23-20(24)14-26-21(25)13-15-8-9-16-4-3-5-17(16)12-15/h1-2,6-9,12H,3-5,11,13-14H2,(H,23,24). The first-order chi connectivity index (χ1) is 13.2. The van der Waals surface area contributed by atoms with E-state index in [2.05, 4.69) is 23.5 Å². The summed E-state index contributed by atoms with van der Waals surface area (Å²) in [5.74, 6) is -0.527. The van der Waals surface area contributed by atoms with Gasteiger partial charge in [0.05, 0.1) is 23.9 Å². The number of rotatable bonds is 7. The molecule has 0 heterocycles. The van der Waals surface area contributed by atoms with Crippen molar-refractivity contribution in [3.63, 3.8) is 0 Å². The molecule has 1 N–H and O–H groups in total. The summed E-state index contributed by atoms with van der Waals surface area (Å²) >= 11 is 1.34. The van der Waals surface area contributed by atoms with Gasteiger partial charge in [0.25, 0.3) is 5.91 Å². The van der Waals surface area contributed by atoms with Crippen LogP contribution < -0.4 is 5.32 Å². The number of ether oxygens (including phenoxy) is 1. The van der Waals surface area contributed by atoms with E-state index in [0.29, 0.717) is 11.4 Å². The molecule has 1 aliphatic rings. The number of carbonyl (C=O) groups excluding carboxylic acids is 2. The number of nitrogens with one attached hydrogen (secondary N) is 1. The van der Waals surface area contributed by atoms with Gasteiger partial charge in [-0.25, -0.2) is 0 Å². The minimum absolute atomic E-state index is 0.162. The molecule has 0 aromatic heterocycles. The fourth-order valence-corrected chi connectivity index (χ4v) is 3.76. The van der Waals surface area contributed by atoms with E-state index < -0.39 is 11.9 Å². The van der Waals surface area contributed by atoms with Crippen molar-refractivity contribution < 1.29 is 14.3 Å². The van der Waals surface area contributed by atoms with Crippen molar-refractivity contribution >= 4 is 29.3 Å². The molecule has 2 aromatic rings. The maximum Gasteiger partial charge on any atom is 0.310 e. The zero-order valence-corrected chi connectivity index (χ0v) is 15.7. The molecule has 0 saturated heterocycles. The second kappa shape index (κ2) is 9.24. The molecular formula is C21H20N2O3S. The number of amides is 1. The van der Waals surface area contributed by atoms with Gasteiger partial charge < -0.3 is 10.1 Å². The third kappa shape index (κ3) is 5.35. The summed E-state index contributed by atoms with van der Waals surface area (Å²) in [6.07, 6.45) is 3.49. The average molecular weight is 380 g/mol. The number of anilines is 1. The Bertz CT molecular complexity index is 889. The maximum atomic E-state index is 12.1. The number of thioether (sulfide) groups is 1. The molecule has 3 rings (SSSR count). The van der Waals surface area contributed by atoms with Crippen LogP contribution in [-0.2, 0) is 33.6 Å². The molecule has 0 atom stereocenters. The number of esters is 1. The van der Waals surface area contributed by atoms with Gasteiger partial charge in [0.2, 0.25) is 0 Å². The second-order valence-corrected chi connectivity index (χ2v) is 7.30. The van der Waals surface area contributed by atoms with E-state index in [1.54, 1.807) is 12.1 Å². The Labute approximate surface area is 162 Å². The lowest BCUT2D eigenvalue weighted by Crippen LogP contribution is -2.22. The molecule has 138 valence electrons. The monoisotopic (exact) mass is 380 g/mol. The Hall–Kier alpha value is -2.78.